The minimum atomic E-state index is -0.126. The molecule has 1 saturated heterocycles. The van der Waals surface area contributed by atoms with Crippen LogP contribution >= 0.6 is 37.2 Å². The summed E-state index contributed by atoms with van der Waals surface area (Å²) < 4.78 is 11.9. The molecule has 0 saturated carbocycles. The van der Waals surface area contributed by atoms with Crippen molar-refractivity contribution < 1.29 is 9.47 Å². The fraction of sp³-hybridized carbons (Fsp3) is 0.647. The Bertz CT molecular complexity index is 359. The van der Waals surface area contributed by atoms with Gasteiger partial charge in [0, 0.05) is 43.1 Å². The van der Waals surface area contributed by atoms with Gasteiger partial charge in [-0.2, -0.15) is 0 Å². The van der Waals surface area contributed by atoms with E-state index in [0.717, 1.165) is 5.75 Å². The molecule has 5 unspecified atom stereocenters. The Labute approximate surface area is 153 Å². The van der Waals surface area contributed by atoms with Gasteiger partial charge in [-0.15, -0.1) is 0 Å². The van der Waals surface area contributed by atoms with Crippen molar-refractivity contribution in [2.24, 2.45) is 17.8 Å². The monoisotopic (exact) mass is 518 g/mol. The van der Waals surface area contributed by atoms with E-state index in [4.69, 9.17) is 9.47 Å². The Balaban J connectivity index is 0.000000921. The Hall–Kier alpha value is 0.440. The third-order valence-corrected chi connectivity index (χ3v) is 4.17. The third kappa shape index (κ3) is 6.60. The lowest BCUT2D eigenvalue weighted by atomic mass is 9.79. The lowest BCUT2D eigenvalue weighted by molar-refractivity contribution is -0.205. The van der Waals surface area contributed by atoms with Gasteiger partial charge in [-0.1, -0.05) is 52.8 Å². The molecule has 5 atom stereocenters. The molecule has 2 rings (SSSR count). The summed E-state index contributed by atoms with van der Waals surface area (Å²) in [6.45, 7) is 12.9. The fourth-order valence-corrected chi connectivity index (χ4v) is 2.38. The Morgan fingerprint density at radius 3 is 1.90 bits per heavy atom. The van der Waals surface area contributed by atoms with Crippen LogP contribution in [0.15, 0.2) is 30.3 Å². The molecule has 1 aromatic rings. The quantitative estimate of drug-likeness (QED) is 0.416. The van der Waals surface area contributed by atoms with Crippen molar-refractivity contribution >= 4 is 37.2 Å². The SMILES string of the molecule is CC.CC1OC(Oc2ccccc2)C(C)C(C)C1C.II. The van der Waals surface area contributed by atoms with Crippen LogP contribution in [0.3, 0.4) is 0 Å². The van der Waals surface area contributed by atoms with Crippen molar-refractivity contribution in [2.75, 3.05) is 0 Å². The lowest BCUT2D eigenvalue weighted by Crippen LogP contribution is -2.46. The maximum absolute atomic E-state index is 5.96. The van der Waals surface area contributed by atoms with Crippen LogP contribution in [0, 0.1) is 17.8 Å². The first-order valence-electron chi connectivity index (χ1n) is 7.61. The summed E-state index contributed by atoms with van der Waals surface area (Å²) >= 11 is 4.24. The number of halogens is 2. The van der Waals surface area contributed by atoms with E-state index < -0.39 is 0 Å². The summed E-state index contributed by atoms with van der Waals surface area (Å²) in [6.07, 6.45) is 0.133. The predicted octanol–water partition coefficient (Wildman–Crippen LogP) is 6.52. The number of benzene rings is 1. The second kappa shape index (κ2) is 11.9. The number of hydrogen-bond donors (Lipinski definition) is 0. The maximum atomic E-state index is 5.96. The Morgan fingerprint density at radius 1 is 0.857 bits per heavy atom. The average Bonchev–Trinajstić information content (AvgIpc) is 2.55. The molecule has 0 aliphatic carbocycles. The molecule has 1 aliphatic rings. The summed E-state index contributed by atoms with van der Waals surface area (Å²) in [5.41, 5.74) is 0. The first-order chi connectivity index (χ1) is 10.1. The molecule has 4 heteroatoms. The molecule has 0 radical (unpaired) electrons. The molecule has 0 amide bonds. The van der Waals surface area contributed by atoms with E-state index in [1.54, 1.807) is 0 Å². The smallest absolute Gasteiger partial charge is 0.202 e. The van der Waals surface area contributed by atoms with Crippen LogP contribution in [0.4, 0.5) is 0 Å². The molecule has 0 aromatic heterocycles. The number of hydrogen-bond acceptors (Lipinski definition) is 2. The summed E-state index contributed by atoms with van der Waals surface area (Å²) in [4.78, 5) is 0. The van der Waals surface area contributed by atoms with Gasteiger partial charge in [-0.25, -0.2) is 0 Å². The van der Waals surface area contributed by atoms with E-state index in [1.807, 2.05) is 44.2 Å². The zero-order valence-electron chi connectivity index (χ0n) is 13.8. The van der Waals surface area contributed by atoms with Crippen molar-refractivity contribution in [1.29, 1.82) is 0 Å². The van der Waals surface area contributed by atoms with Gasteiger partial charge in [-0.05, 0) is 30.9 Å². The standard InChI is InChI=1S/C15H22O2.C2H6.I2/c1-10-11(2)13(4)16-15(12(10)3)17-14-8-6-5-7-9-14;2*1-2/h5-13,15H,1-4H3;1-2H3;. The largest absolute Gasteiger partial charge is 0.465 e. The molecule has 0 N–H and O–H groups in total. The van der Waals surface area contributed by atoms with Crippen molar-refractivity contribution in [3.8, 4) is 5.75 Å². The molecule has 1 heterocycles. The minimum absolute atomic E-state index is 0.126. The van der Waals surface area contributed by atoms with Gasteiger partial charge in [-0.3, -0.25) is 0 Å². The van der Waals surface area contributed by atoms with Crippen molar-refractivity contribution in [2.45, 2.75) is 53.9 Å². The van der Waals surface area contributed by atoms with E-state index in [2.05, 4.69) is 64.9 Å². The highest BCUT2D eigenvalue weighted by atomic mass is 128. The van der Waals surface area contributed by atoms with Crippen LogP contribution in [0.25, 0.3) is 0 Å². The van der Waals surface area contributed by atoms with Crippen LogP contribution in [-0.4, -0.2) is 12.4 Å². The molecular formula is C17H28I2O2. The maximum Gasteiger partial charge on any atom is 0.202 e. The van der Waals surface area contributed by atoms with Crippen LogP contribution in [0.1, 0.15) is 41.5 Å². The fourth-order valence-electron chi connectivity index (χ4n) is 2.38. The van der Waals surface area contributed by atoms with E-state index >= 15 is 0 Å². The molecule has 1 aromatic carbocycles. The molecule has 1 fully saturated rings. The number of para-hydroxylation sites is 1. The molecule has 122 valence electrons. The zero-order chi connectivity index (χ0) is 16.4. The Kier molecular flexibility index (Phi) is 12.2. The van der Waals surface area contributed by atoms with Gasteiger partial charge in [0.05, 0.1) is 6.10 Å². The lowest BCUT2D eigenvalue weighted by Gasteiger charge is -2.42. The normalized spacial score (nSPS) is 31.1. The summed E-state index contributed by atoms with van der Waals surface area (Å²) in [5, 5.41) is 0. The second-order valence-electron chi connectivity index (χ2n) is 5.22. The minimum Gasteiger partial charge on any atom is -0.465 e. The highest BCUT2D eigenvalue weighted by Crippen LogP contribution is 2.35. The summed E-state index contributed by atoms with van der Waals surface area (Å²) in [6, 6.07) is 9.91. The number of ether oxygens (including phenoxy) is 2. The highest BCUT2D eigenvalue weighted by molar-refractivity contribution is 15.0. The van der Waals surface area contributed by atoms with Gasteiger partial charge < -0.3 is 9.47 Å². The van der Waals surface area contributed by atoms with E-state index in [-0.39, 0.29) is 12.4 Å². The van der Waals surface area contributed by atoms with Gasteiger partial charge in [0.2, 0.25) is 6.29 Å². The topological polar surface area (TPSA) is 18.5 Å². The van der Waals surface area contributed by atoms with Gasteiger partial charge in [0.1, 0.15) is 5.75 Å². The summed E-state index contributed by atoms with van der Waals surface area (Å²) in [5.74, 6) is 2.51. The predicted molar refractivity (Wildman–Crippen MR) is 108 cm³/mol. The van der Waals surface area contributed by atoms with E-state index in [9.17, 15) is 0 Å². The third-order valence-electron chi connectivity index (χ3n) is 4.17. The van der Waals surface area contributed by atoms with E-state index in [1.165, 1.54) is 0 Å². The average molecular weight is 518 g/mol. The van der Waals surface area contributed by atoms with Crippen molar-refractivity contribution in [1.82, 2.24) is 0 Å². The molecule has 21 heavy (non-hydrogen) atoms. The highest BCUT2D eigenvalue weighted by Gasteiger charge is 2.38. The molecular weight excluding hydrogens is 490 g/mol. The first-order valence-corrected chi connectivity index (χ1v) is 13.9. The molecule has 0 spiro atoms. The van der Waals surface area contributed by atoms with Crippen LogP contribution in [0.5, 0.6) is 5.75 Å². The van der Waals surface area contributed by atoms with Gasteiger partial charge in [0.25, 0.3) is 0 Å². The summed E-state index contributed by atoms with van der Waals surface area (Å²) in [7, 11) is 0. The van der Waals surface area contributed by atoms with Gasteiger partial charge >= 0.3 is 0 Å². The van der Waals surface area contributed by atoms with Gasteiger partial charge in [0.15, 0.2) is 0 Å². The second-order valence-corrected chi connectivity index (χ2v) is 5.22. The molecule has 2 nitrogen and oxygen atoms in total. The van der Waals surface area contributed by atoms with Crippen LogP contribution in [0.2, 0.25) is 0 Å². The molecule has 0 bridgehead atoms. The zero-order valence-corrected chi connectivity index (χ0v) is 18.2. The van der Waals surface area contributed by atoms with Crippen molar-refractivity contribution in [3.05, 3.63) is 30.3 Å². The molecule has 1 aliphatic heterocycles. The van der Waals surface area contributed by atoms with Crippen LogP contribution in [-0.2, 0) is 4.74 Å². The van der Waals surface area contributed by atoms with E-state index in [0.29, 0.717) is 17.8 Å². The van der Waals surface area contributed by atoms with Crippen LogP contribution < -0.4 is 4.74 Å². The first kappa shape index (κ1) is 21.4. The Morgan fingerprint density at radius 2 is 1.38 bits per heavy atom. The van der Waals surface area contributed by atoms with Crippen molar-refractivity contribution in [3.63, 3.8) is 0 Å². The number of rotatable bonds is 2.